The zero-order valence-electron chi connectivity index (χ0n) is 11.3. The first-order valence-electron chi connectivity index (χ1n) is 6.19. The Morgan fingerprint density at radius 3 is 2.39 bits per heavy atom. The molecule has 0 heterocycles. The van der Waals surface area contributed by atoms with Crippen LogP contribution in [0.15, 0.2) is 24.3 Å². The van der Waals surface area contributed by atoms with Crippen molar-refractivity contribution in [2.24, 2.45) is 0 Å². The van der Waals surface area contributed by atoms with E-state index >= 15 is 0 Å². The van der Waals surface area contributed by atoms with Crippen LogP contribution in [0.4, 0.5) is 0 Å². The summed E-state index contributed by atoms with van der Waals surface area (Å²) >= 11 is 0. The monoisotopic (exact) mass is 253 g/mol. The molecule has 4 heteroatoms. The number of methoxy groups -OCH3 is 2. The highest BCUT2D eigenvalue weighted by atomic mass is 16.5. The zero-order chi connectivity index (χ0) is 13.4. The van der Waals surface area contributed by atoms with E-state index in [9.17, 15) is 5.11 Å². The second kappa shape index (κ2) is 8.08. The van der Waals surface area contributed by atoms with E-state index in [2.05, 4.69) is 24.4 Å². The summed E-state index contributed by atoms with van der Waals surface area (Å²) in [5, 5.41) is 12.7. The van der Waals surface area contributed by atoms with Crippen molar-refractivity contribution in [2.45, 2.75) is 18.9 Å². The molecule has 0 aromatic heterocycles. The van der Waals surface area contributed by atoms with Crippen LogP contribution in [0, 0.1) is 0 Å². The number of hydrogen-bond donors (Lipinski definition) is 2. The first kappa shape index (κ1) is 15.0. The third-order valence-electron chi connectivity index (χ3n) is 2.87. The van der Waals surface area contributed by atoms with E-state index in [0.717, 1.165) is 12.3 Å². The van der Waals surface area contributed by atoms with Crippen LogP contribution >= 0.6 is 0 Å². The van der Waals surface area contributed by atoms with Crippen molar-refractivity contribution in [3.8, 4) is 5.75 Å². The molecule has 2 unspecified atom stereocenters. The summed E-state index contributed by atoms with van der Waals surface area (Å²) in [6, 6.07) is 8.06. The van der Waals surface area contributed by atoms with Crippen LogP contribution in [0.2, 0.25) is 0 Å². The molecule has 0 fully saturated rings. The van der Waals surface area contributed by atoms with Gasteiger partial charge in [0.15, 0.2) is 0 Å². The van der Waals surface area contributed by atoms with Crippen molar-refractivity contribution in [1.82, 2.24) is 5.32 Å². The molecule has 0 aliphatic heterocycles. The van der Waals surface area contributed by atoms with Gasteiger partial charge in [-0.2, -0.15) is 0 Å². The van der Waals surface area contributed by atoms with Crippen molar-refractivity contribution < 1.29 is 14.6 Å². The van der Waals surface area contributed by atoms with E-state index in [-0.39, 0.29) is 0 Å². The topological polar surface area (TPSA) is 50.7 Å². The van der Waals surface area contributed by atoms with Gasteiger partial charge in [-0.1, -0.05) is 19.1 Å². The molecular formula is C14H23NO3. The van der Waals surface area contributed by atoms with E-state index in [1.54, 1.807) is 14.2 Å². The van der Waals surface area contributed by atoms with Gasteiger partial charge in [0.05, 0.1) is 19.8 Å². The molecule has 0 aliphatic rings. The first-order valence-corrected chi connectivity index (χ1v) is 6.19. The van der Waals surface area contributed by atoms with Crippen molar-refractivity contribution in [3.63, 3.8) is 0 Å². The molecule has 1 rings (SSSR count). The highest BCUT2D eigenvalue weighted by molar-refractivity contribution is 5.29. The second-order valence-corrected chi connectivity index (χ2v) is 4.44. The summed E-state index contributed by atoms with van der Waals surface area (Å²) in [4.78, 5) is 0. The molecule has 1 aromatic rings. The number of aliphatic hydroxyl groups excluding tert-OH is 1. The van der Waals surface area contributed by atoms with Crippen LogP contribution in [0.1, 0.15) is 18.4 Å². The van der Waals surface area contributed by atoms with Crippen molar-refractivity contribution in [2.75, 3.05) is 33.9 Å². The average Bonchev–Trinajstić information content (AvgIpc) is 2.39. The molecule has 2 atom stereocenters. The van der Waals surface area contributed by atoms with Gasteiger partial charge in [0.25, 0.3) is 0 Å². The highest BCUT2D eigenvalue weighted by Crippen LogP contribution is 2.18. The highest BCUT2D eigenvalue weighted by Gasteiger charge is 2.07. The molecular weight excluding hydrogens is 230 g/mol. The molecule has 18 heavy (non-hydrogen) atoms. The Hall–Kier alpha value is -1.10. The summed E-state index contributed by atoms with van der Waals surface area (Å²) in [5.74, 6) is 1.26. The first-order chi connectivity index (χ1) is 8.67. The average molecular weight is 253 g/mol. The Bertz CT molecular complexity index is 326. The second-order valence-electron chi connectivity index (χ2n) is 4.44. The number of aliphatic hydroxyl groups is 1. The molecule has 1 aromatic carbocycles. The van der Waals surface area contributed by atoms with Gasteiger partial charge in [-0.15, -0.1) is 0 Å². The summed E-state index contributed by atoms with van der Waals surface area (Å²) in [6.45, 7) is 3.89. The maximum atomic E-state index is 9.50. The predicted octanol–water partition coefficient (Wildman–Crippen LogP) is 1.40. The fourth-order valence-electron chi connectivity index (χ4n) is 1.77. The maximum Gasteiger partial charge on any atom is 0.118 e. The van der Waals surface area contributed by atoms with Crippen LogP contribution in [-0.2, 0) is 4.74 Å². The zero-order valence-corrected chi connectivity index (χ0v) is 11.3. The molecule has 102 valence electrons. The van der Waals surface area contributed by atoms with E-state index in [1.807, 2.05) is 12.1 Å². The number of ether oxygens (including phenoxy) is 2. The molecule has 0 spiro atoms. The number of rotatable bonds is 8. The summed E-state index contributed by atoms with van der Waals surface area (Å²) < 4.78 is 9.99. The fourth-order valence-corrected chi connectivity index (χ4v) is 1.77. The maximum absolute atomic E-state index is 9.50. The molecule has 0 bridgehead atoms. The fraction of sp³-hybridized carbons (Fsp3) is 0.571. The van der Waals surface area contributed by atoms with Gasteiger partial charge in [-0.05, 0) is 23.6 Å². The van der Waals surface area contributed by atoms with Gasteiger partial charge in [0.2, 0.25) is 0 Å². The lowest BCUT2D eigenvalue weighted by Crippen LogP contribution is -2.32. The minimum atomic E-state index is -0.446. The standard InChI is InChI=1S/C14H23NO3/c1-11(8-15-9-13(16)10-17-2)12-4-6-14(18-3)7-5-12/h4-7,11,13,15-16H,8-10H2,1-3H3. The van der Waals surface area contributed by atoms with Crippen molar-refractivity contribution >= 4 is 0 Å². The Kier molecular flexibility index (Phi) is 6.72. The Balaban J connectivity index is 2.33. The normalized spacial score (nSPS) is 14.2. The van der Waals surface area contributed by atoms with Gasteiger partial charge in [0, 0.05) is 20.2 Å². The number of benzene rings is 1. The van der Waals surface area contributed by atoms with E-state index in [0.29, 0.717) is 19.1 Å². The van der Waals surface area contributed by atoms with Gasteiger partial charge in [-0.25, -0.2) is 0 Å². The molecule has 0 saturated carbocycles. The van der Waals surface area contributed by atoms with Gasteiger partial charge >= 0.3 is 0 Å². The molecule has 0 radical (unpaired) electrons. The van der Waals surface area contributed by atoms with Crippen molar-refractivity contribution in [1.29, 1.82) is 0 Å². The van der Waals surface area contributed by atoms with Crippen LogP contribution in [-0.4, -0.2) is 45.1 Å². The number of hydrogen-bond acceptors (Lipinski definition) is 4. The minimum absolute atomic E-state index is 0.365. The predicted molar refractivity (Wildman–Crippen MR) is 72.2 cm³/mol. The lowest BCUT2D eigenvalue weighted by atomic mass is 10.0. The van der Waals surface area contributed by atoms with Gasteiger partial charge in [0.1, 0.15) is 5.75 Å². The summed E-state index contributed by atoms with van der Waals surface area (Å²) in [6.07, 6.45) is -0.446. The quantitative estimate of drug-likeness (QED) is 0.735. The number of nitrogens with one attached hydrogen (secondary N) is 1. The lowest BCUT2D eigenvalue weighted by molar-refractivity contribution is 0.0645. The summed E-state index contributed by atoms with van der Waals surface area (Å²) in [5.41, 5.74) is 1.25. The Morgan fingerprint density at radius 2 is 1.83 bits per heavy atom. The molecule has 0 aliphatic carbocycles. The van der Waals surface area contributed by atoms with Gasteiger partial charge in [-0.3, -0.25) is 0 Å². The Morgan fingerprint density at radius 1 is 1.17 bits per heavy atom. The van der Waals surface area contributed by atoms with Crippen LogP contribution in [0.25, 0.3) is 0 Å². The summed E-state index contributed by atoms with van der Waals surface area (Å²) in [7, 11) is 3.25. The third-order valence-corrected chi connectivity index (χ3v) is 2.87. The minimum Gasteiger partial charge on any atom is -0.497 e. The van der Waals surface area contributed by atoms with Crippen LogP contribution in [0.3, 0.4) is 0 Å². The van der Waals surface area contributed by atoms with Crippen LogP contribution in [0.5, 0.6) is 5.75 Å². The smallest absolute Gasteiger partial charge is 0.118 e. The molecule has 2 N–H and O–H groups in total. The molecule has 0 amide bonds. The molecule has 0 saturated heterocycles. The largest absolute Gasteiger partial charge is 0.497 e. The van der Waals surface area contributed by atoms with Gasteiger partial charge < -0.3 is 19.9 Å². The third kappa shape index (κ3) is 5.04. The van der Waals surface area contributed by atoms with E-state index < -0.39 is 6.10 Å². The lowest BCUT2D eigenvalue weighted by Gasteiger charge is -2.15. The van der Waals surface area contributed by atoms with E-state index in [4.69, 9.17) is 9.47 Å². The van der Waals surface area contributed by atoms with Crippen molar-refractivity contribution in [3.05, 3.63) is 29.8 Å². The van der Waals surface area contributed by atoms with E-state index in [1.165, 1.54) is 5.56 Å². The molecule has 4 nitrogen and oxygen atoms in total. The van der Waals surface area contributed by atoms with Crippen LogP contribution < -0.4 is 10.1 Å². The SMILES string of the molecule is COCC(O)CNCC(C)c1ccc(OC)cc1. The Labute approximate surface area is 109 Å².